The maximum absolute atomic E-state index is 10.9. The van der Waals surface area contributed by atoms with Gasteiger partial charge in [-0.25, -0.2) is 0 Å². The van der Waals surface area contributed by atoms with Gasteiger partial charge in [0.1, 0.15) is 4.75 Å². The summed E-state index contributed by atoms with van der Waals surface area (Å²) in [4.78, 5) is 10.9. The molecule has 114 valence electrons. The van der Waals surface area contributed by atoms with Gasteiger partial charge in [-0.2, -0.15) is 0 Å². The third kappa shape index (κ3) is 10.9. The zero-order valence-electron chi connectivity index (χ0n) is 13.0. The van der Waals surface area contributed by atoms with Gasteiger partial charge in [0.2, 0.25) is 0 Å². The maximum atomic E-state index is 10.9. The van der Waals surface area contributed by atoms with Crippen molar-refractivity contribution in [2.45, 2.75) is 64.0 Å². The summed E-state index contributed by atoms with van der Waals surface area (Å²) in [5.41, 5.74) is 0. The average Bonchev–Trinajstić information content (AvgIpc) is 2.39. The summed E-state index contributed by atoms with van der Waals surface area (Å²) in [6.45, 7) is 5.64. The second-order valence-electron chi connectivity index (χ2n) is 5.22. The Bertz CT molecular complexity index is 341. The normalized spacial score (nSPS) is 12.9. The predicted molar refractivity (Wildman–Crippen MR) is 90.1 cm³/mol. The Morgan fingerprint density at radius 1 is 1.05 bits per heavy atom. The van der Waals surface area contributed by atoms with Crippen molar-refractivity contribution in [3.05, 3.63) is 35.8 Å². The van der Waals surface area contributed by atoms with Crippen molar-refractivity contribution < 1.29 is 9.90 Å². The lowest BCUT2D eigenvalue weighted by Gasteiger charge is -2.14. The van der Waals surface area contributed by atoms with Crippen LogP contribution in [0.5, 0.6) is 0 Å². The second kappa shape index (κ2) is 11.8. The van der Waals surface area contributed by atoms with Crippen LogP contribution in [0.15, 0.2) is 35.8 Å². The summed E-state index contributed by atoms with van der Waals surface area (Å²) >= 11 is 1.34. The molecule has 0 aromatic rings. The molecular weight excluding hydrogens is 268 g/mol. The van der Waals surface area contributed by atoms with Gasteiger partial charge in [0.15, 0.2) is 0 Å². The van der Waals surface area contributed by atoms with E-state index < -0.39 is 10.7 Å². The van der Waals surface area contributed by atoms with Crippen molar-refractivity contribution in [3.8, 4) is 0 Å². The van der Waals surface area contributed by atoms with Gasteiger partial charge in [-0.3, -0.25) is 4.79 Å². The van der Waals surface area contributed by atoms with E-state index in [0.29, 0.717) is 0 Å². The van der Waals surface area contributed by atoms with Gasteiger partial charge in [0.05, 0.1) is 0 Å². The van der Waals surface area contributed by atoms with Crippen molar-refractivity contribution in [1.82, 2.24) is 0 Å². The summed E-state index contributed by atoms with van der Waals surface area (Å²) in [5.74, 6) is -0.782. The number of unbranched alkanes of at least 4 members (excludes halogenated alkanes) is 3. The largest absolute Gasteiger partial charge is 0.480 e. The second-order valence-corrected chi connectivity index (χ2v) is 6.74. The van der Waals surface area contributed by atoms with E-state index in [-0.39, 0.29) is 0 Å². The van der Waals surface area contributed by atoms with Crippen LogP contribution >= 0.6 is 11.8 Å². The van der Waals surface area contributed by atoms with Crippen molar-refractivity contribution in [3.63, 3.8) is 0 Å². The first kappa shape index (κ1) is 19.0. The van der Waals surface area contributed by atoms with E-state index in [9.17, 15) is 4.79 Å². The number of hydrogen-bond acceptors (Lipinski definition) is 2. The number of allylic oxidation sites excluding steroid dienone is 5. The van der Waals surface area contributed by atoms with Crippen LogP contribution in [0.4, 0.5) is 0 Å². The molecule has 2 nitrogen and oxygen atoms in total. The van der Waals surface area contributed by atoms with Gasteiger partial charge < -0.3 is 5.11 Å². The fourth-order valence-electron chi connectivity index (χ4n) is 1.40. The molecule has 20 heavy (non-hydrogen) atoms. The summed E-state index contributed by atoms with van der Waals surface area (Å²) in [5, 5.41) is 10.8. The van der Waals surface area contributed by atoms with Crippen LogP contribution < -0.4 is 0 Å². The SMILES string of the molecule is CCCCC/C=C\C/C=C\C/C=C\SC(C)(C)C(=O)O. The fraction of sp³-hybridized carbons (Fsp3) is 0.588. The highest BCUT2D eigenvalue weighted by Crippen LogP contribution is 2.25. The van der Waals surface area contributed by atoms with Gasteiger partial charge in [0, 0.05) is 0 Å². The third-order valence-corrected chi connectivity index (χ3v) is 3.92. The van der Waals surface area contributed by atoms with Crippen LogP contribution in [-0.4, -0.2) is 15.8 Å². The first-order valence-electron chi connectivity index (χ1n) is 7.37. The topological polar surface area (TPSA) is 37.3 Å². The molecule has 0 spiro atoms. The van der Waals surface area contributed by atoms with Gasteiger partial charge in [-0.05, 0) is 44.9 Å². The fourth-order valence-corrected chi connectivity index (χ4v) is 2.05. The Labute approximate surface area is 128 Å². The number of aliphatic carboxylic acids is 1. The summed E-state index contributed by atoms with van der Waals surface area (Å²) in [7, 11) is 0. The molecule has 0 aromatic carbocycles. The molecule has 0 bridgehead atoms. The lowest BCUT2D eigenvalue weighted by Crippen LogP contribution is -2.26. The lowest BCUT2D eigenvalue weighted by atomic mass is 10.2. The van der Waals surface area contributed by atoms with E-state index in [1.165, 1.54) is 37.4 Å². The van der Waals surface area contributed by atoms with Crippen molar-refractivity contribution in [2.75, 3.05) is 0 Å². The summed E-state index contributed by atoms with van der Waals surface area (Å²) in [6.07, 6.45) is 17.6. The van der Waals surface area contributed by atoms with Crippen LogP contribution in [-0.2, 0) is 4.79 Å². The van der Waals surface area contributed by atoms with Crippen LogP contribution in [0.1, 0.15) is 59.3 Å². The van der Waals surface area contributed by atoms with Crippen LogP contribution in [0, 0.1) is 0 Å². The highest BCUT2D eigenvalue weighted by atomic mass is 32.2. The zero-order chi connectivity index (χ0) is 15.3. The smallest absolute Gasteiger partial charge is 0.319 e. The van der Waals surface area contributed by atoms with E-state index in [1.807, 2.05) is 11.5 Å². The minimum atomic E-state index is -0.782. The number of rotatable bonds is 11. The molecule has 1 N–H and O–H groups in total. The minimum absolute atomic E-state index is 0.749. The molecule has 0 radical (unpaired) electrons. The molecule has 0 saturated heterocycles. The first-order valence-corrected chi connectivity index (χ1v) is 8.25. The van der Waals surface area contributed by atoms with Gasteiger partial charge >= 0.3 is 5.97 Å². The molecule has 0 fully saturated rings. The molecular formula is C17H28O2S. The molecule has 0 aliphatic carbocycles. The predicted octanol–water partition coefficient (Wildman–Crippen LogP) is 5.57. The lowest BCUT2D eigenvalue weighted by molar-refractivity contribution is -0.138. The highest BCUT2D eigenvalue weighted by molar-refractivity contribution is 8.04. The molecule has 0 aliphatic rings. The van der Waals surface area contributed by atoms with Crippen molar-refractivity contribution >= 4 is 17.7 Å². The number of hydrogen-bond donors (Lipinski definition) is 1. The summed E-state index contributed by atoms with van der Waals surface area (Å²) in [6, 6.07) is 0. The number of carboxylic acids is 1. The molecule has 0 saturated carbocycles. The summed E-state index contributed by atoms with van der Waals surface area (Å²) < 4.78 is -0.749. The third-order valence-electron chi connectivity index (χ3n) is 2.83. The monoisotopic (exact) mass is 296 g/mol. The Balaban J connectivity index is 3.64. The Kier molecular flexibility index (Phi) is 11.3. The molecule has 0 rings (SSSR count). The number of carbonyl (C=O) groups is 1. The van der Waals surface area contributed by atoms with Crippen LogP contribution in [0.2, 0.25) is 0 Å². The van der Waals surface area contributed by atoms with E-state index in [0.717, 1.165) is 12.8 Å². The van der Waals surface area contributed by atoms with Gasteiger partial charge in [-0.1, -0.05) is 50.1 Å². The van der Waals surface area contributed by atoms with E-state index >= 15 is 0 Å². The molecule has 0 amide bonds. The Morgan fingerprint density at radius 3 is 2.25 bits per heavy atom. The van der Waals surface area contributed by atoms with E-state index in [2.05, 4.69) is 31.2 Å². The standard InChI is InChI=1S/C17H28O2S/c1-4-5-6-7-8-9-10-11-12-13-14-15-20-17(2,3)16(18)19/h8-9,11-12,14-15H,4-7,10,13H2,1-3H3,(H,18,19)/b9-8-,12-11-,15-14-. The van der Waals surface area contributed by atoms with E-state index in [4.69, 9.17) is 5.11 Å². The Morgan fingerprint density at radius 2 is 1.65 bits per heavy atom. The highest BCUT2D eigenvalue weighted by Gasteiger charge is 2.26. The quantitative estimate of drug-likeness (QED) is 0.400. The first-order chi connectivity index (χ1) is 9.50. The minimum Gasteiger partial charge on any atom is -0.480 e. The Hall–Kier alpha value is -0.960. The molecule has 0 aromatic heterocycles. The number of carboxylic acid groups (broad SMARTS) is 1. The molecule has 0 aliphatic heterocycles. The zero-order valence-corrected chi connectivity index (χ0v) is 13.8. The average molecular weight is 296 g/mol. The van der Waals surface area contributed by atoms with Crippen LogP contribution in [0.25, 0.3) is 0 Å². The van der Waals surface area contributed by atoms with Crippen LogP contribution in [0.3, 0.4) is 0 Å². The number of thioether (sulfide) groups is 1. The van der Waals surface area contributed by atoms with Crippen molar-refractivity contribution in [1.29, 1.82) is 0 Å². The van der Waals surface area contributed by atoms with Gasteiger partial charge in [-0.15, -0.1) is 11.8 Å². The van der Waals surface area contributed by atoms with E-state index in [1.54, 1.807) is 13.8 Å². The van der Waals surface area contributed by atoms with Gasteiger partial charge in [0.25, 0.3) is 0 Å². The molecule has 0 heterocycles. The molecule has 3 heteroatoms. The molecule has 0 atom stereocenters. The molecule has 0 unspecified atom stereocenters. The van der Waals surface area contributed by atoms with Crippen molar-refractivity contribution in [2.24, 2.45) is 0 Å². The maximum Gasteiger partial charge on any atom is 0.319 e.